The van der Waals surface area contributed by atoms with Crippen molar-refractivity contribution in [2.45, 2.75) is 6.04 Å². The van der Waals surface area contributed by atoms with E-state index in [0.717, 1.165) is 6.54 Å². The van der Waals surface area contributed by atoms with Crippen molar-refractivity contribution in [1.82, 2.24) is 15.1 Å². The second kappa shape index (κ2) is 5.11. The van der Waals surface area contributed by atoms with Crippen molar-refractivity contribution in [2.75, 3.05) is 31.6 Å². The van der Waals surface area contributed by atoms with Gasteiger partial charge in [0, 0.05) is 26.2 Å². The van der Waals surface area contributed by atoms with Crippen LogP contribution in [0.15, 0.2) is 6.20 Å². The summed E-state index contributed by atoms with van der Waals surface area (Å²) >= 11 is 0. The Labute approximate surface area is 98.1 Å². The summed E-state index contributed by atoms with van der Waals surface area (Å²) < 4.78 is 6.71. The highest BCUT2D eigenvalue weighted by molar-refractivity contribution is 5.54. The second-order valence-electron chi connectivity index (χ2n) is 3.90. The van der Waals surface area contributed by atoms with Crippen molar-refractivity contribution in [3.63, 3.8) is 0 Å². The van der Waals surface area contributed by atoms with Gasteiger partial charge in [0.05, 0.1) is 18.1 Å². The first kappa shape index (κ1) is 11.8. The van der Waals surface area contributed by atoms with Gasteiger partial charge in [-0.3, -0.25) is 14.8 Å². The molecule has 0 spiro atoms. The highest BCUT2D eigenvalue weighted by atomic mass is 16.6. The molecule has 8 heteroatoms. The fourth-order valence-corrected chi connectivity index (χ4v) is 1.71. The maximum atomic E-state index is 10.8. The fraction of sp³-hybridized carbons (Fsp3) is 0.667. The van der Waals surface area contributed by atoms with E-state index in [2.05, 4.69) is 15.7 Å². The van der Waals surface area contributed by atoms with Crippen LogP contribution < -0.4 is 10.6 Å². The number of hydrogen-bond acceptors (Lipinski definition) is 6. The van der Waals surface area contributed by atoms with Crippen molar-refractivity contribution in [3.05, 3.63) is 16.3 Å². The molecule has 1 aromatic rings. The molecule has 2 heterocycles. The molecule has 2 N–H and O–H groups in total. The average molecular weight is 241 g/mol. The zero-order valence-corrected chi connectivity index (χ0v) is 9.55. The van der Waals surface area contributed by atoms with Crippen LogP contribution in [-0.2, 0) is 11.8 Å². The van der Waals surface area contributed by atoms with Gasteiger partial charge in [-0.15, -0.1) is 5.10 Å². The molecule has 94 valence electrons. The van der Waals surface area contributed by atoms with Gasteiger partial charge in [-0.1, -0.05) is 0 Å². The first-order valence-electron chi connectivity index (χ1n) is 5.40. The molecule has 1 aliphatic heterocycles. The Kier molecular flexibility index (Phi) is 3.55. The van der Waals surface area contributed by atoms with Gasteiger partial charge in [0.15, 0.2) is 0 Å². The summed E-state index contributed by atoms with van der Waals surface area (Å²) in [5.74, 6) is 0.296. The normalized spacial score (nSPS) is 20.2. The quantitative estimate of drug-likeness (QED) is 0.556. The molecule has 0 amide bonds. The molecule has 1 aliphatic rings. The average Bonchev–Trinajstić information content (AvgIpc) is 2.69. The maximum Gasteiger partial charge on any atom is 0.330 e. The monoisotopic (exact) mass is 241 g/mol. The molecule has 1 aromatic heterocycles. The number of ether oxygens (including phenoxy) is 1. The lowest BCUT2D eigenvalue weighted by atomic mass is 10.3. The van der Waals surface area contributed by atoms with E-state index in [1.165, 1.54) is 10.9 Å². The van der Waals surface area contributed by atoms with Crippen LogP contribution in [0, 0.1) is 10.1 Å². The topological polar surface area (TPSA) is 94.2 Å². The number of hydrogen-bond donors (Lipinski definition) is 2. The van der Waals surface area contributed by atoms with Crippen LogP contribution in [0.25, 0.3) is 0 Å². The van der Waals surface area contributed by atoms with E-state index in [0.29, 0.717) is 25.6 Å². The van der Waals surface area contributed by atoms with E-state index in [1.54, 1.807) is 7.05 Å². The van der Waals surface area contributed by atoms with Crippen molar-refractivity contribution < 1.29 is 9.66 Å². The summed E-state index contributed by atoms with van der Waals surface area (Å²) in [6.07, 6.45) is 1.38. The summed E-state index contributed by atoms with van der Waals surface area (Å²) in [6.45, 7) is 2.67. The van der Waals surface area contributed by atoms with Crippen LogP contribution in [0.1, 0.15) is 0 Å². The first-order chi connectivity index (χ1) is 8.16. The van der Waals surface area contributed by atoms with E-state index in [9.17, 15) is 10.1 Å². The second-order valence-corrected chi connectivity index (χ2v) is 3.90. The van der Waals surface area contributed by atoms with E-state index >= 15 is 0 Å². The van der Waals surface area contributed by atoms with Gasteiger partial charge < -0.3 is 15.4 Å². The molecule has 2 rings (SSSR count). The number of aryl methyl sites for hydroxylation is 1. The zero-order chi connectivity index (χ0) is 12.3. The van der Waals surface area contributed by atoms with Crippen molar-refractivity contribution in [1.29, 1.82) is 0 Å². The third kappa shape index (κ3) is 2.92. The number of anilines is 1. The molecule has 0 bridgehead atoms. The number of nitrogens with one attached hydrogen (secondary N) is 2. The largest absolute Gasteiger partial charge is 0.378 e. The molecule has 8 nitrogen and oxygen atoms in total. The minimum atomic E-state index is -0.444. The predicted molar refractivity (Wildman–Crippen MR) is 61.0 cm³/mol. The summed E-state index contributed by atoms with van der Waals surface area (Å²) in [6, 6.07) is 0.158. The smallest absolute Gasteiger partial charge is 0.330 e. The lowest BCUT2D eigenvalue weighted by Crippen LogP contribution is -2.45. The Hall–Kier alpha value is -1.67. The van der Waals surface area contributed by atoms with E-state index in [1.807, 2.05) is 0 Å². The van der Waals surface area contributed by atoms with Gasteiger partial charge in [0.25, 0.3) is 0 Å². The van der Waals surface area contributed by atoms with Gasteiger partial charge in [-0.25, -0.2) is 0 Å². The number of aromatic nitrogens is 2. The number of rotatable bonds is 4. The lowest BCUT2D eigenvalue weighted by Gasteiger charge is -2.23. The Balaban J connectivity index is 1.95. The highest BCUT2D eigenvalue weighted by Crippen LogP contribution is 2.21. The number of nitro groups is 1. The molecule has 1 saturated heterocycles. The van der Waals surface area contributed by atoms with Gasteiger partial charge in [0.1, 0.15) is 6.20 Å². The van der Waals surface area contributed by atoms with Crippen LogP contribution in [-0.4, -0.2) is 47.0 Å². The van der Waals surface area contributed by atoms with Gasteiger partial charge >= 0.3 is 5.69 Å². The molecule has 0 saturated carbocycles. The van der Waals surface area contributed by atoms with E-state index in [-0.39, 0.29) is 11.7 Å². The van der Waals surface area contributed by atoms with Gasteiger partial charge in [0.2, 0.25) is 5.82 Å². The van der Waals surface area contributed by atoms with E-state index in [4.69, 9.17) is 4.74 Å². The zero-order valence-electron chi connectivity index (χ0n) is 9.55. The van der Waals surface area contributed by atoms with Crippen LogP contribution in [0.2, 0.25) is 0 Å². The molecular weight excluding hydrogens is 226 g/mol. The van der Waals surface area contributed by atoms with Crippen molar-refractivity contribution >= 4 is 11.5 Å². The minimum absolute atomic E-state index is 0.00997. The third-order valence-corrected chi connectivity index (χ3v) is 2.52. The standard InChI is InChI=1S/C9H15N5O3/c1-13-5-8(14(15)16)9(12-13)11-4-7-6-17-3-2-10-7/h5,7,10H,2-4,6H2,1H3,(H,11,12). The summed E-state index contributed by atoms with van der Waals surface area (Å²) in [7, 11) is 1.65. The van der Waals surface area contributed by atoms with E-state index < -0.39 is 4.92 Å². The highest BCUT2D eigenvalue weighted by Gasteiger charge is 2.20. The van der Waals surface area contributed by atoms with Gasteiger partial charge in [-0.2, -0.15) is 0 Å². The molecule has 0 aromatic carbocycles. The van der Waals surface area contributed by atoms with Crippen molar-refractivity contribution in [2.24, 2.45) is 7.05 Å². The maximum absolute atomic E-state index is 10.8. The number of morpholine rings is 1. The van der Waals surface area contributed by atoms with Gasteiger partial charge in [-0.05, 0) is 0 Å². The molecule has 17 heavy (non-hydrogen) atoms. The van der Waals surface area contributed by atoms with Crippen LogP contribution in [0.4, 0.5) is 11.5 Å². The molecular formula is C9H15N5O3. The molecule has 1 atom stereocenters. The van der Waals surface area contributed by atoms with Crippen LogP contribution in [0.3, 0.4) is 0 Å². The SMILES string of the molecule is Cn1cc([N+](=O)[O-])c(NCC2COCCN2)n1. The summed E-state index contributed by atoms with van der Waals surface area (Å²) in [5, 5.41) is 21.0. The lowest BCUT2D eigenvalue weighted by molar-refractivity contribution is -0.384. The summed E-state index contributed by atoms with van der Waals surface area (Å²) in [4.78, 5) is 10.3. The molecule has 1 unspecified atom stereocenters. The third-order valence-electron chi connectivity index (χ3n) is 2.52. The summed E-state index contributed by atoms with van der Waals surface area (Å²) in [5.41, 5.74) is -0.00997. The Morgan fingerprint density at radius 3 is 3.29 bits per heavy atom. The minimum Gasteiger partial charge on any atom is -0.378 e. The Morgan fingerprint density at radius 1 is 1.82 bits per heavy atom. The first-order valence-corrected chi connectivity index (χ1v) is 5.40. The molecule has 0 aliphatic carbocycles. The Bertz CT molecular complexity index is 399. The predicted octanol–water partition coefficient (Wildman–Crippen LogP) is -0.271. The number of nitrogens with zero attached hydrogens (tertiary/aromatic N) is 3. The molecule has 1 fully saturated rings. The van der Waals surface area contributed by atoms with Crippen LogP contribution in [0.5, 0.6) is 0 Å². The van der Waals surface area contributed by atoms with Crippen LogP contribution >= 0.6 is 0 Å². The van der Waals surface area contributed by atoms with Crippen molar-refractivity contribution in [3.8, 4) is 0 Å². The Morgan fingerprint density at radius 2 is 2.65 bits per heavy atom. The molecule has 0 radical (unpaired) electrons. The fourth-order valence-electron chi connectivity index (χ4n) is 1.71.